The zero-order valence-electron chi connectivity index (χ0n) is 25.6. The number of carbonyl (C=O) groups is 2. The van der Waals surface area contributed by atoms with E-state index in [2.05, 4.69) is 10.3 Å². The predicted molar refractivity (Wildman–Crippen MR) is 161 cm³/mol. The molecular formula is C31H37F3N6O4S. The summed E-state index contributed by atoms with van der Waals surface area (Å²) in [6, 6.07) is 1.97. The van der Waals surface area contributed by atoms with E-state index in [4.69, 9.17) is 9.73 Å². The van der Waals surface area contributed by atoms with E-state index in [1.807, 2.05) is 5.01 Å². The molecule has 4 heterocycles. The summed E-state index contributed by atoms with van der Waals surface area (Å²) < 4.78 is 52.0. The van der Waals surface area contributed by atoms with Crippen molar-refractivity contribution in [2.24, 2.45) is 16.3 Å². The number of hydrazine groups is 1. The third-order valence-corrected chi connectivity index (χ3v) is 10.3. The van der Waals surface area contributed by atoms with E-state index < -0.39 is 53.8 Å². The molecule has 1 aliphatic carbocycles. The van der Waals surface area contributed by atoms with Crippen molar-refractivity contribution in [3.63, 3.8) is 0 Å². The number of ether oxygens (including phenoxy) is 1. The number of carboxylic acid groups (broad SMARTS) is 1. The molecule has 6 rings (SSSR count). The molecule has 242 valence electrons. The highest BCUT2D eigenvalue weighted by Crippen LogP contribution is 2.48. The van der Waals surface area contributed by atoms with Crippen molar-refractivity contribution in [1.82, 2.24) is 25.2 Å². The van der Waals surface area contributed by atoms with E-state index in [9.17, 15) is 19.1 Å². The Kier molecular flexibility index (Phi) is 8.29. The number of amidine groups is 1. The van der Waals surface area contributed by atoms with Gasteiger partial charge in [-0.1, -0.05) is 12.1 Å². The number of carbonyl (C=O) groups excluding carboxylic acids is 1. The van der Waals surface area contributed by atoms with Crippen LogP contribution < -0.4 is 5.32 Å². The molecule has 14 heteroatoms. The maximum atomic E-state index is 15.9. The highest BCUT2D eigenvalue weighted by molar-refractivity contribution is 7.11. The minimum absolute atomic E-state index is 0.00242. The van der Waals surface area contributed by atoms with Gasteiger partial charge in [0.2, 0.25) is 0 Å². The fourth-order valence-electron chi connectivity index (χ4n) is 7.36. The van der Waals surface area contributed by atoms with Crippen LogP contribution in [0, 0.1) is 24.1 Å². The molecule has 3 fully saturated rings. The van der Waals surface area contributed by atoms with Crippen LogP contribution in [-0.2, 0) is 14.3 Å². The average molecular weight is 647 g/mol. The van der Waals surface area contributed by atoms with Gasteiger partial charge >= 0.3 is 11.9 Å². The number of hydrogen-bond donors (Lipinski definition) is 2. The third-order valence-electron chi connectivity index (χ3n) is 9.55. The largest absolute Gasteiger partial charge is 0.481 e. The first-order chi connectivity index (χ1) is 21.3. The molecule has 3 aliphatic heterocycles. The molecule has 0 radical (unpaired) electrons. The van der Waals surface area contributed by atoms with Crippen LogP contribution in [0.25, 0.3) is 0 Å². The quantitative estimate of drug-likeness (QED) is 0.393. The van der Waals surface area contributed by atoms with Gasteiger partial charge in [-0.15, -0.1) is 11.3 Å². The van der Waals surface area contributed by atoms with Crippen LogP contribution in [-0.4, -0.2) is 101 Å². The maximum absolute atomic E-state index is 15.9. The highest BCUT2D eigenvalue weighted by atomic mass is 32.1. The standard InChI is InChI=1S/C31H37F3N6O4S/c1-5-44-28(41)23-21(36-26(27-35-9-10-45-27)37-24(23)19-7-6-8-20(32)17(19)2)14-39-16-31(33,34)25-22(39)15-38(4)40(25)13-18-11-30(3,12-18)29(42)43/h6-10,18,22,24-25H,5,11-16H2,1-4H3,(H,36,37)(H,42,43)/t18?,22-,24-,25+,30?/m0/s1. The molecule has 0 amide bonds. The Hall–Kier alpha value is -3.33. The van der Waals surface area contributed by atoms with Gasteiger partial charge in [0, 0.05) is 50.0 Å². The molecule has 45 heavy (non-hydrogen) atoms. The van der Waals surface area contributed by atoms with Crippen molar-refractivity contribution >= 4 is 29.1 Å². The predicted octanol–water partition coefficient (Wildman–Crippen LogP) is 3.85. The number of benzene rings is 1. The van der Waals surface area contributed by atoms with Crippen molar-refractivity contribution < 1.29 is 32.6 Å². The molecule has 4 aliphatic rings. The van der Waals surface area contributed by atoms with Crippen molar-refractivity contribution in [1.29, 1.82) is 0 Å². The summed E-state index contributed by atoms with van der Waals surface area (Å²) in [7, 11) is 1.78. The fraction of sp³-hybridized carbons (Fsp3) is 0.548. The summed E-state index contributed by atoms with van der Waals surface area (Å²) in [5.41, 5.74) is 0.474. The van der Waals surface area contributed by atoms with Crippen molar-refractivity contribution in [3.05, 3.63) is 63.0 Å². The number of thiazole rings is 1. The zero-order chi connectivity index (χ0) is 32.3. The normalized spacial score (nSPS) is 30.1. The van der Waals surface area contributed by atoms with E-state index in [1.54, 1.807) is 61.4 Å². The molecule has 0 spiro atoms. The number of aliphatic imine (C=N–C) groups is 1. The second-order valence-electron chi connectivity index (χ2n) is 12.7. The zero-order valence-corrected chi connectivity index (χ0v) is 26.4. The SMILES string of the molecule is CCOC(=O)C1=C(CN2CC(F)(F)[C@H]3[C@@H]2CN(C)N3CC2CC(C)(C(=O)O)C2)NC(c2nccs2)=N[C@H]1c1cccc(F)c1C. The first-order valence-electron chi connectivity index (χ1n) is 15.1. The first kappa shape index (κ1) is 31.6. The van der Waals surface area contributed by atoms with E-state index in [-0.39, 0.29) is 24.6 Å². The van der Waals surface area contributed by atoms with E-state index in [0.717, 1.165) is 0 Å². The van der Waals surface area contributed by atoms with Crippen LogP contribution in [0.1, 0.15) is 48.9 Å². The van der Waals surface area contributed by atoms with Crippen LogP contribution in [0.5, 0.6) is 0 Å². The van der Waals surface area contributed by atoms with Gasteiger partial charge < -0.3 is 15.2 Å². The molecule has 10 nitrogen and oxygen atoms in total. The van der Waals surface area contributed by atoms with E-state index in [1.165, 1.54) is 17.4 Å². The number of nitrogens with zero attached hydrogens (tertiary/aromatic N) is 5. The van der Waals surface area contributed by atoms with E-state index in [0.29, 0.717) is 53.6 Å². The molecule has 2 aromatic rings. The molecule has 2 N–H and O–H groups in total. The fourth-order valence-corrected chi connectivity index (χ4v) is 7.95. The second-order valence-corrected chi connectivity index (χ2v) is 13.6. The maximum Gasteiger partial charge on any atom is 0.338 e. The molecule has 3 atom stereocenters. The number of aromatic nitrogens is 1. The van der Waals surface area contributed by atoms with Crippen LogP contribution in [0.4, 0.5) is 13.2 Å². The Bertz CT molecular complexity index is 1540. The van der Waals surface area contributed by atoms with Gasteiger partial charge in [-0.25, -0.2) is 33.0 Å². The van der Waals surface area contributed by atoms with Gasteiger partial charge in [-0.3, -0.25) is 14.7 Å². The second kappa shape index (κ2) is 11.8. The number of likely N-dealkylation sites (tertiary alicyclic amines) is 1. The molecule has 0 bridgehead atoms. The van der Waals surface area contributed by atoms with Crippen LogP contribution in [0.2, 0.25) is 0 Å². The Morgan fingerprint density at radius 3 is 2.69 bits per heavy atom. The number of carboxylic acids is 1. The van der Waals surface area contributed by atoms with Gasteiger partial charge in [0.05, 0.1) is 24.1 Å². The van der Waals surface area contributed by atoms with Gasteiger partial charge in [0.25, 0.3) is 5.92 Å². The van der Waals surface area contributed by atoms with Crippen molar-refractivity contribution in [2.45, 2.75) is 57.7 Å². The van der Waals surface area contributed by atoms with Crippen molar-refractivity contribution in [3.8, 4) is 0 Å². The van der Waals surface area contributed by atoms with Gasteiger partial charge in [0.1, 0.15) is 17.9 Å². The van der Waals surface area contributed by atoms with Crippen LogP contribution >= 0.6 is 11.3 Å². The number of hydrogen-bond acceptors (Lipinski definition) is 10. The lowest BCUT2D eigenvalue weighted by Crippen LogP contribution is -2.53. The number of rotatable bonds is 9. The number of aliphatic carboxylic acids is 1. The summed E-state index contributed by atoms with van der Waals surface area (Å²) in [6.07, 6.45) is 2.50. The highest BCUT2D eigenvalue weighted by Gasteiger charge is 2.62. The number of halogens is 3. The molecule has 1 aromatic heterocycles. The number of likely N-dealkylation sites (N-methyl/N-ethyl adjacent to an activating group) is 1. The first-order valence-corrected chi connectivity index (χ1v) is 15.9. The van der Waals surface area contributed by atoms with Gasteiger partial charge in [0.15, 0.2) is 10.8 Å². The Morgan fingerprint density at radius 1 is 1.27 bits per heavy atom. The summed E-state index contributed by atoms with van der Waals surface area (Å²) in [6.45, 7) is 5.21. The molecule has 1 saturated carbocycles. The minimum atomic E-state index is -3.07. The Balaban J connectivity index is 1.34. The van der Waals surface area contributed by atoms with Gasteiger partial charge in [-0.2, -0.15) is 0 Å². The Labute approximate surface area is 263 Å². The lowest BCUT2D eigenvalue weighted by atomic mass is 9.63. The Morgan fingerprint density at radius 2 is 2.02 bits per heavy atom. The van der Waals surface area contributed by atoms with Gasteiger partial charge in [-0.05, 0) is 56.7 Å². The topological polar surface area (TPSA) is 111 Å². The van der Waals surface area contributed by atoms with E-state index >= 15 is 8.78 Å². The smallest absolute Gasteiger partial charge is 0.338 e. The monoisotopic (exact) mass is 646 g/mol. The average Bonchev–Trinajstić information content (AvgIpc) is 3.67. The summed E-state index contributed by atoms with van der Waals surface area (Å²) in [5, 5.41) is 18.6. The third kappa shape index (κ3) is 5.66. The summed E-state index contributed by atoms with van der Waals surface area (Å²) in [4.78, 5) is 36.0. The van der Waals surface area contributed by atoms with Crippen molar-refractivity contribution in [2.75, 3.05) is 39.8 Å². The molecular weight excluding hydrogens is 609 g/mol. The molecule has 2 saturated heterocycles. The number of esters is 1. The van der Waals surface area contributed by atoms with Crippen LogP contribution in [0.3, 0.4) is 0 Å². The number of nitrogens with one attached hydrogen (secondary N) is 1. The lowest BCUT2D eigenvalue weighted by molar-refractivity contribution is -0.160. The minimum Gasteiger partial charge on any atom is -0.481 e. The lowest BCUT2D eigenvalue weighted by Gasteiger charge is -2.45. The summed E-state index contributed by atoms with van der Waals surface area (Å²) in [5.74, 6) is -4.67. The summed E-state index contributed by atoms with van der Waals surface area (Å²) >= 11 is 1.33. The molecule has 0 unspecified atom stereocenters. The van der Waals surface area contributed by atoms with Crippen LogP contribution in [0.15, 0.2) is 46.0 Å². The number of fused-ring (bicyclic) bond motifs is 1. The molecule has 1 aromatic carbocycles. The number of alkyl halides is 2.